The van der Waals surface area contributed by atoms with Gasteiger partial charge in [0.05, 0.1) is 15.5 Å². The summed E-state index contributed by atoms with van der Waals surface area (Å²) in [4.78, 5) is 16.9. The van der Waals surface area contributed by atoms with Crippen molar-refractivity contribution in [3.63, 3.8) is 0 Å². The predicted molar refractivity (Wildman–Crippen MR) is 77.0 cm³/mol. The molecule has 0 bridgehead atoms. The van der Waals surface area contributed by atoms with Crippen molar-refractivity contribution in [2.24, 2.45) is 0 Å². The Balaban J connectivity index is 2.07. The first-order valence-corrected chi connectivity index (χ1v) is 7.64. The molecule has 0 unspecified atom stereocenters. The van der Waals surface area contributed by atoms with Gasteiger partial charge in [-0.2, -0.15) is 4.98 Å². The predicted octanol–water partition coefficient (Wildman–Crippen LogP) is 2.29. The van der Waals surface area contributed by atoms with E-state index in [1.807, 2.05) is 6.26 Å². The SMILES string of the molecule is CSc1c(NCCc2ncon2)sc(C(C)=O)c1N. The van der Waals surface area contributed by atoms with Gasteiger partial charge in [0.25, 0.3) is 0 Å². The molecule has 2 rings (SSSR count). The van der Waals surface area contributed by atoms with Crippen molar-refractivity contribution >= 4 is 39.6 Å². The van der Waals surface area contributed by atoms with Gasteiger partial charge in [-0.15, -0.1) is 23.1 Å². The van der Waals surface area contributed by atoms with Crippen LogP contribution < -0.4 is 11.1 Å². The van der Waals surface area contributed by atoms with Gasteiger partial charge in [-0.25, -0.2) is 0 Å². The molecule has 2 aromatic heterocycles. The third-order valence-electron chi connectivity index (χ3n) is 2.46. The lowest BCUT2D eigenvalue weighted by Crippen LogP contribution is -2.05. The lowest BCUT2D eigenvalue weighted by molar-refractivity contribution is 0.102. The number of carbonyl (C=O) groups excluding carboxylic acids is 1. The van der Waals surface area contributed by atoms with Crippen LogP contribution in [-0.2, 0) is 6.42 Å². The van der Waals surface area contributed by atoms with Crippen molar-refractivity contribution < 1.29 is 9.32 Å². The fourth-order valence-electron chi connectivity index (χ4n) is 1.60. The molecule has 0 spiro atoms. The number of nitrogens with two attached hydrogens (primary N) is 1. The number of hydrogen-bond donors (Lipinski definition) is 2. The maximum Gasteiger partial charge on any atom is 0.213 e. The summed E-state index contributed by atoms with van der Waals surface area (Å²) in [5.74, 6) is 0.638. The van der Waals surface area contributed by atoms with E-state index in [2.05, 4.69) is 20.0 Å². The van der Waals surface area contributed by atoms with Gasteiger partial charge in [0, 0.05) is 19.9 Å². The van der Waals surface area contributed by atoms with E-state index in [1.54, 1.807) is 0 Å². The zero-order chi connectivity index (χ0) is 13.8. The van der Waals surface area contributed by atoms with Crippen LogP contribution in [0, 0.1) is 0 Å². The average molecular weight is 298 g/mol. The van der Waals surface area contributed by atoms with Crippen LogP contribution in [0.3, 0.4) is 0 Å². The van der Waals surface area contributed by atoms with Crippen LogP contribution in [0.1, 0.15) is 22.4 Å². The van der Waals surface area contributed by atoms with Gasteiger partial charge in [0.2, 0.25) is 6.39 Å². The number of nitrogens with one attached hydrogen (secondary N) is 1. The third-order valence-corrected chi connectivity index (χ3v) is 4.69. The number of anilines is 2. The van der Waals surface area contributed by atoms with Crippen LogP contribution in [0.15, 0.2) is 15.8 Å². The number of rotatable bonds is 6. The minimum Gasteiger partial charge on any atom is -0.396 e. The zero-order valence-electron chi connectivity index (χ0n) is 10.6. The molecule has 102 valence electrons. The summed E-state index contributed by atoms with van der Waals surface area (Å²) < 4.78 is 4.66. The molecule has 6 nitrogen and oxygen atoms in total. The van der Waals surface area contributed by atoms with Crippen molar-refractivity contribution in [1.82, 2.24) is 10.1 Å². The second-order valence-electron chi connectivity index (χ2n) is 3.79. The van der Waals surface area contributed by atoms with E-state index in [-0.39, 0.29) is 5.78 Å². The third kappa shape index (κ3) is 3.07. The van der Waals surface area contributed by atoms with Crippen LogP contribution in [0.4, 0.5) is 10.7 Å². The molecule has 0 aliphatic rings. The van der Waals surface area contributed by atoms with Gasteiger partial charge in [-0.1, -0.05) is 5.16 Å². The van der Waals surface area contributed by atoms with Crippen molar-refractivity contribution in [3.05, 3.63) is 17.1 Å². The summed E-state index contributed by atoms with van der Waals surface area (Å²) in [6, 6.07) is 0. The number of carbonyl (C=O) groups is 1. The average Bonchev–Trinajstić information content (AvgIpc) is 2.97. The van der Waals surface area contributed by atoms with Crippen LogP contribution in [0.25, 0.3) is 0 Å². The van der Waals surface area contributed by atoms with Gasteiger partial charge >= 0.3 is 0 Å². The Labute approximate surface area is 118 Å². The maximum absolute atomic E-state index is 11.5. The highest BCUT2D eigenvalue weighted by Crippen LogP contribution is 2.41. The summed E-state index contributed by atoms with van der Waals surface area (Å²) in [5, 5.41) is 7.91. The highest BCUT2D eigenvalue weighted by Gasteiger charge is 2.17. The fourth-order valence-corrected chi connectivity index (χ4v) is 3.56. The van der Waals surface area contributed by atoms with E-state index in [4.69, 9.17) is 5.73 Å². The summed E-state index contributed by atoms with van der Waals surface area (Å²) in [7, 11) is 0. The van der Waals surface area contributed by atoms with Crippen molar-refractivity contribution in [2.45, 2.75) is 18.2 Å². The second kappa shape index (κ2) is 6.07. The van der Waals surface area contributed by atoms with E-state index in [0.29, 0.717) is 29.4 Å². The number of nitrogen functional groups attached to an aromatic ring is 1. The standard InChI is InChI=1S/C11H14N4O2S2/c1-6(16)9-8(12)10(18-2)11(19-9)13-4-3-7-14-5-17-15-7/h5,13H,3-4,12H2,1-2H3. The number of ketones is 1. The number of Topliss-reactive ketones (excluding diaryl/α,β-unsaturated/α-hetero) is 1. The van der Waals surface area contributed by atoms with Gasteiger partial charge in [0.1, 0.15) is 5.00 Å². The Hall–Kier alpha value is -1.54. The minimum atomic E-state index is -0.0102. The number of thiophene rings is 1. The molecule has 3 N–H and O–H groups in total. The fraction of sp³-hybridized carbons (Fsp3) is 0.364. The number of hydrogen-bond acceptors (Lipinski definition) is 8. The minimum absolute atomic E-state index is 0.0102. The molecule has 0 saturated carbocycles. The molecule has 0 aliphatic heterocycles. The van der Waals surface area contributed by atoms with E-state index >= 15 is 0 Å². The summed E-state index contributed by atoms with van der Waals surface area (Å²) in [6.07, 6.45) is 3.89. The number of aromatic nitrogens is 2. The lowest BCUT2D eigenvalue weighted by Gasteiger charge is -2.04. The van der Waals surface area contributed by atoms with Crippen LogP contribution in [-0.4, -0.2) is 28.7 Å². The molecular formula is C11H14N4O2S2. The normalized spacial score (nSPS) is 10.6. The van der Waals surface area contributed by atoms with Crippen LogP contribution >= 0.6 is 23.1 Å². The van der Waals surface area contributed by atoms with E-state index in [1.165, 1.54) is 36.4 Å². The van der Waals surface area contributed by atoms with E-state index in [0.717, 1.165) is 9.90 Å². The largest absolute Gasteiger partial charge is 0.396 e. The van der Waals surface area contributed by atoms with Crippen molar-refractivity contribution in [1.29, 1.82) is 0 Å². The lowest BCUT2D eigenvalue weighted by atomic mass is 10.3. The molecule has 0 saturated heterocycles. The number of nitrogens with zero attached hydrogens (tertiary/aromatic N) is 2. The molecule has 0 amide bonds. The first-order chi connectivity index (χ1) is 9.13. The van der Waals surface area contributed by atoms with E-state index < -0.39 is 0 Å². The van der Waals surface area contributed by atoms with Crippen LogP contribution in [0.5, 0.6) is 0 Å². The Kier molecular flexibility index (Phi) is 4.43. The van der Waals surface area contributed by atoms with Crippen molar-refractivity contribution in [3.8, 4) is 0 Å². The highest BCUT2D eigenvalue weighted by molar-refractivity contribution is 7.99. The Morgan fingerprint density at radius 2 is 2.42 bits per heavy atom. The molecule has 0 aromatic carbocycles. The molecule has 0 atom stereocenters. The van der Waals surface area contributed by atoms with Crippen LogP contribution in [0.2, 0.25) is 0 Å². The van der Waals surface area contributed by atoms with Gasteiger partial charge < -0.3 is 15.6 Å². The number of thioether (sulfide) groups is 1. The topological polar surface area (TPSA) is 94.0 Å². The monoisotopic (exact) mass is 298 g/mol. The summed E-state index contributed by atoms with van der Waals surface area (Å²) in [5.41, 5.74) is 6.53. The quantitative estimate of drug-likeness (QED) is 0.624. The Morgan fingerprint density at radius 1 is 1.63 bits per heavy atom. The summed E-state index contributed by atoms with van der Waals surface area (Å²) in [6.45, 7) is 2.18. The molecular weight excluding hydrogens is 284 g/mol. The Morgan fingerprint density at radius 3 is 3.00 bits per heavy atom. The molecule has 2 aromatic rings. The molecule has 2 heterocycles. The molecule has 0 aliphatic carbocycles. The highest BCUT2D eigenvalue weighted by atomic mass is 32.2. The smallest absolute Gasteiger partial charge is 0.213 e. The second-order valence-corrected chi connectivity index (χ2v) is 5.62. The molecule has 0 fully saturated rings. The molecule has 0 radical (unpaired) electrons. The van der Waals surface area contributed by atoms with Gasteiger partial charge in [-0.3, -0.25) is 4.79 Å². The Bertz CT molecular complexity index is 566. The molecule has 19 heavy (non-hydrogen) atoms. The summed E-state index contributed by atoms with van der Waals surface area (Å²) >= 11 is 2.91. The van der Waals surface area contributed by atoms with Gasteiger partial charge in [0.15, 0.2) is 11.6 Å². The first-order valence-electron chi connectivity index (χ1n) is 5.59. The van der Waals surface area contributed by atoms with Crippen molar-refractivity contribution in [2.75, 3.05) is 23.9 Å². The van der Waals surface area contributed by atoms with Gasteiger partial charge in [-0.05, 0) is 6.26 Å². The van der Waals surface area contributed by atoms with E-state index in [9.17, 15) is 4.79 Å². The maximum atomic E-state index is 11.5. The molecule has 8 heteroatoms. The first kappa shape index (κ1) is 13.9. The zero-order valence-corrected chi connectivity index (χ0v) is 12.2.